The largest absolute Gasteiger partial charge is 0.481 e. The number of amides is 1. The monoisotopic (exact) mass is 413 g/mol. The van der Waals surface area contributed by atoms with Crippen molar-refractivity contribution in [1.82, 2.24) is 15.0 Å². The molecule has 1 N–H and O–H groups in total. The number of carbonyl (C=O) groups excluding carboxylic acids is 1. The van der Waals surface area contributed by atoms with Crippen molar-refractivity contribution in [3.63, 3.8) is 0 Å². The summed E-state index contributed by atoms with van der Waals surface area (Å²) in [5, 5.41) is 13.1. The Hall–Kier alpha value is -2.70. The maximum Gasteiger partial charge on any atom is 0.304 e. The van der Waals surface area contributed by atoms with Crippen molar-refractivity contribution in [3.8, 4) is 0 Å². The van der Waals surface area contributed by atoms with E-state index in [4.69, 9.17) is 4.52 Å². The van der Waals surface area contributed by atoms with Crippen LogP contribution in [0.25, 0.3) is 0 Å². The van der Waals surface area contributed by atoms with Gasteiger partial charge in [-0.25, -0.2) is 0 Å². The second-order valence-corrected chi connectivity index (χ2v) is 8.33. The van der Waals surface area contributed by atoms with Gasteiger partial charge in [-0.1, -0.05) is 80.4 Å². The minimum Gasteiger partial charge on any atom is -0.481 e. The standard InChI is InChI=1S/C23H31N3O4/c1-26(16-18-11-6-3-7-12-18)23(29)21-24-22(30-25-21)19(15-20(27)28)14-8-13-17-9-4-2-5-10-17/h3,6-7,11-12,17,19H,2,4-5,8-10,13-16H2,1H3,(H,27,28)/t19-/m1/s1. The van der Waals surface area contributed by atoms with Gasteiger partial charge in [-0.05, 0) is 17.9 Å². The van der Waals surface area contributed by atoms with E-state index in [1.165, 1.54) is 37.0 Å². The third kappa shape index (κ3) is 6.40. The van der Waals surface area contributed by atoms with Gasteiger partial charge in [-0.2, -0.15) is 4.98 Å². The van der Waals surface area contributed by atoms with Crippen LogP contribution in [0.2, 0.25) is 0 Å². The number of carboxylic acid groups (broad SMARTS) is 1. The molecule has 3 rings (SSSR count). The molecule has 1 heterocycles. The van der Waals surface area contributed by atoms with Crippen LogP contribution in [0.5, 0.6) is 0 Å². The van der Waals surface area contributed by atoms with Gasteiger partial charge in [-0.3, -0.25) is 9.59 Å². The molecule has 0 unspecified atom stereocenters. The Labute approximate surface area is 177 Å². The third-order valence-electron chi connectivity index (χ3n) is 5.90. The number of rotatable bonds is 10. The summed E-state index contributed by atoms with van der Waals surface area (Å²) in [4.78, 5) is 29.8. The lowest BCUT2D eigenvalue weighted by molar-refractivity contribution is -0.137. The fourth-order valence-corrected chi connectivity index (χ4v) is 4.24. The number of benzene rings is 1. The van der Waals surface area contributed by atoms with Crippen LogP contribution in [0.15, 0.2) is 34.9 Å². The van der Waals surface area contributed by atoms with E-state index < -0.39 is 5.97 Å². The number of carboxylic acids is 1. The quantitative estimate of drug-likeness (QED) is 0.609. The minimum absolute atomic E-state index is 0.0221. The zero-order chi connectivity index (χ0) is 21.3. The first-order chi connectivity index (χ1) is 14.5. The molecule has 7 heteroatoms. The molecule has 2 aromatic rings. The fraction of sp³-hybridized carbons (Fsp3) is 0.565. The summed E-state index contributed by atoms with van der Waals surface area (Å²) in [5.41, 5.74) is 1.00. The molecule has 0 radical (unpaired) electrons. The van der Waals surface area contributed by atoms with Gasteiger partial charge in [-0.15, -0.1) is 0 Å². The normalized spacial score (nSPS) is 15.6. The van der Waals surface area contributed by atoms with Crippen LogP contribution in [0.3, 0.4) is 0 Å². The third-order valence-corrected chi connectivity index (χ3v) is 5.90. The first-order valence-electron chi connectivity index (χ1n) is 10.9. The molecule has 1 saturated carbocycles. The van der Waals surface area contributed by atoms with Gasteiger partial charge in [0.25, 0.3) is 11.7 Å². The summed E-state index contributed by atoms with van der Waals surface area (Å²) in [6.45, 7) is 0.434. The molecule has 0 bridgehead atoms. The van der Waals surface area contributed by atoms with Crippen molar-refractivity contribution in [2.24, 2.45) is 5.92 Å². The van der Waals surface area contributed by atoms with Crippen LogP contribution in [-0.2, 0) is 11.3 Å². The number of hydrogen-bond acceptors (Lipinski definition) is 5. The van der Waals surface area contributed by atoms with Gasteiger partial charge in [0.15, 0.2) is 0 Å². The van der Waals surface area contributed by atoms with Crippen LogP contribution < -0.4 is 0 Å². The molecule has 1 aromatic heterocycles. The summed E-state index contributed by atoms with van der Waals surface area (Å²) < 4.78 is 5.32. The maximum atomic E-state index is 12.7. The summed E-state index contributed by atoms with van der Waals surface area (Å²) in [5.74, 6) is -0.631. The van der Waals surface area contributed by atoms with Gasteiger partial charge in [0.05, 0.1) is 6.42 Å². The Morgan fingerprint density at radius 1 is 1.20 bits per heavy atom. The van der Waals surface area contributed by atoms with Gasteiger partial charge < -0.3 is 14.5 Å². The van der Waals surface area contributed by atoms with E-state index in [0.717, 1.165) is 24.3 Å². The number of carbonyl (C=O) groups is 2. The van der Waals surface area contributed by atoms with E-state index in [1.807, 2.05) is 30.3 Å². The zero-order valence-electron chi connectivity index (χ0n) is 17.6. The molecule has 1 aliphatic rings. The average Bonchev–Trinajstić information content (AvgIpc) is 3.24. The minimum atomic E-state index is -0.898. The highest BCUT2D eigenvalue weighted by Crippen LogP contribution is 2.31. The number of hydrogen-bond donors (Lipinski definition) is 1. The number of aromatic nitrogens is 2. The van der Waals surface area contributed by atoms with Crippen molar-refractivity contribution < 1.29 is 19.2 Å². The lowest BCUT2D eigenvalue weighted by Gasteiger charge is -2.21. The van der Waals surface area contributed by atoms with Gasteiger partial charge in [0.2, 0.25) is 5.89 Å². The predicted octanol–water partition coefficient (Wildman–Crippen LogP) is 4.65. The van der Waals surface area contributed by atoms with Crippen molar-refractivity contribution in [1.29, 1.82) is 0 Å². The molecule has 1 fully saturated rings. The number of aliphatic carboxylic acids is 1. The second kappa shape index (κ2) is 10.9. The van der Waals surface area contributed by atoms with Gasteiger partial charge in [0.1, 0.15) is 0 Å². The molecular weight excluding hydrogens is 382 g/mol. The Kier molecular flexibility index (Phi) is 7.99. The first kappa shape index (κ1) is 22.0. The van der Waals surface area contributed by atoms with E-state index >= 15 is 0 Å². The molecule has 0 saturated heterocycles. The summed E-state index contributed by atoms with van der Waals surface area (Å²) in [7, 11) is 1.68. The summed E-state index contributed by atoms with van der Waals surface area (Å²) >= 11 is 0. The van der Waals surface area contributed by atoms with Crippen molar-refractivity contribution in [2.75, 3.05) is 7.05 Å². The Morgan fingerprint density at radius 2 is 1.93 bits per heavy atom. The molecule has 0 aliphatic heterocycles. The molecule has 1 amide bonds. The molecule has 7 nitrogen and oxygen atoms in total. The van der Waals surface area contributed by atoms with Crippen LogP contribution in [0, 0.1) is 5.92 Å². The van der Waals surface area contributed by atoms with Gasteiger partial charge in [0, 0.05) is 19.5 Å². The molecule has 162 valence electrons. The molecule has 1 aromatic carbocycles. The molecule has 1 aliphatic carbocycles. The Balaban J connectivity index is 1.59. The van der Waals surface area contributed by atoms with E-state index in [2.05, 4.69) is 10.1 Å². The number of nitrogens with zero attached hydrogens (tertiary/aromatic N) is 3. The zero-order valence-corrected chi connectivity index (χ0v) is 17.6. The summed E-state index contributed by atoms with van der Waals surface area (Å²) in [6.07, 6.45) is 9.13. The predicted molar refractivity (Wildman–Crippen MR) is 112 cm³/mol. The highest BCUT2D eigenvalue weighted by Gasteiger charge is 2.26. The Bertz CT molecular complexity index is 815. The van der Waals surface area contributed by atoms with Crippen LogP contribution in [0.1, 0.15) is 85.8 Å². The fourth-order valence-electron chi connectivity index (χ4n) is 4.24. The van der Waals surface area contributed by atoms with E-state index in [-0.39, 0.29) is 30.0 Å². The van der Waals surface area contributed by atoms with Crippen molar-refractivity contribution >= 4 is 11.9 Å². The van der Waals surface area contributed by atoms with Crippen molar-refractivity contribution in [2.45, 2.75) is 70.3 Å². The molecular formula is C23H31N3O4. The van der Waals surface area contributed by atoms with Crippen LogP contribution >= 0.6 is 0 Å². The summed E-state index contributed by atoms with van der Waals surface area (Å²) in [6, 6.07) is 9.66. The van der Waals surface area contributed by atoms with Crippen LogP contribution in [0.4, 0.5) is 0 Å². The molecule has 1 atom stereocenters. The lowest BCUT2D eigenvalue weighted by atomic mass is 9.84. The van der Waals surface area contributed by atoms with Gasteiger partial charge >= 0.3 is 5.97 Å². The average molecular weight is 414 g/mol. The van der Waals surface area contributed by atoms with E-state index in [1.54, 1.807) is 7.05 Å². The molecule has 0 spiro atoms. The molecule has 30 heavy (non-hydrogen) atoms. The topological polar surface area (TPSA) is 96.5 Å². The van der Waals surface area contributed by atoms with E-state index in [0.29, 0.717) is 13.0 Å². The smallest absolute Gasteiger partial charge is 0.304 e. The van der Waals surface area contributed by atoms with Crippen molar-refractivity contribution in [3.05, 3.63) is 47.6 Å². The lowest BCUT2D eigenvalue weighted by Crippen LogP contribution is -2.27. The SMILES string of the molecule is CN(Cc1ccccc1)C(=O)c1noc([C@H](CCCC2CCCCC2)CC(=O)O)n1. The van der Waals surface area contributed by atoms with E-state index in [9.17, 15) is 14.7 Å². The maximum absolute atomic E-state index is 12.7. The van der Waals surface area contributed by atoms with Crippen LogP contribution in [-0.4, -0.2) is 39.1 Å². The highest BCUT2D eigenvalue weighted by molar-refractivity contribution is 5.90. The second-order valence-electron chi connectivity index (χ2n) is 8.33. The highest BCUT2D eigenvalue weighted by atomic mass is 16.5. The Morgan fingerprint density at radius 3 is 2.63 bits per heavy atom. The first-order valence-corrected chi connectivity index (χ1v) is 10.9.